The molecule has 0 bridgehead atoms. The van der Waals surface area contributed by atoms with Gasteiger partial charge in [-0.25, -0.2) is 4.39 Å². The van der Waals surface area contributed by atoms with Crippen LogP contribution in [0.4, 0.5) is 15.8 Å². The first-order chi connectivity index (χ1) is 12.2. The number of halogens is 1. The number of rotatable bonds is 6. The molecule has 3 rings (SSSR count). The minimum absolute atomic E-state index is 0.189. The molecule has 2 aromatic carbocycles. The van der Waals surface area contributed by atoms with Crippen LogP contribution in [0.25, 0.3) is 0 Å². The van der Waals surface area contributed by atoms with Crippen molar-refractivity contribution in [2.24, 2.45) is 0 Å². The third-order valence-corrected chi connectivity index (χ3v) is 3.66. The number of carbonyl (C=O) groups is 1. The van der Waals surface area contributed by atoms with E-state index >= 15 is 0 Å². The summed E-state index contributed by atoms with van der Waals surface area (Å²) in [6, 6.07) is 17.8. The number of aromatic nitrogens is 1. The van der Waals surface area contributed by atoms with Gasteiger partial charge in [-0.15, -0.1) is 0 Å². The number of benzene rings is 2. The number of nitrogens with zero attached hydrogens (tertiary/aromatic N) is 1. The van der Waals surface area contributed by atoms with Crippen LogP contribution in [-0.2, 0) is 6.42 Å². The summed E-state index contributed by atoms with van der Waals surface area (Å²) in [5.41, 5.74) is 2.85. The number of amides is 1. The van der Waals surface area contributed by atoms with E-state index in [2.05, 4.69) is 15.6 Å². The molecular weight excluding hydrogens is 317 g/mol. The van der Waals surface area contributed by atoms with Gasteiger partial charge in [0.25, 0.3) is 5.91 Å². The van der Waals surface area contributed by atoms with Gasteiger partial charge >= 0.3 is 0 Å². The molecule has 1 aromatic heterocycles. The van der Waals surface area contributed by atoms with Gasteiger partial charge < -0.3 is 10.6 Å². The summed E-state index contributed by atoms with van der Waals surface area (Å²) in [6.45, 7) is 0.546. The predicted octanol–water partition coefficient (Wildman–Crippen LogP) is 3.94. The van der Waals surface area contributed by atoms with Crippen LogP contribution in [0.15, 0.2) is 73.1 Å². The van der Waals surface area contributed by atoms with Gasteiger partial charge in [0.2, 0.25) is 0 Å². The molecule has 0 spiro atoms. The van der Waals surface area contributed by atoms with Gasteiger partial charge in [-0.3, -0.25) is 9.78 Å². The highest BCUT2D eigenvalue weighted by atomic mass is 19.1. The van der Waals surface area contributed by atoms with E-state index in [9.17, 15) is 9.18 Å². The molecule has 126 valence electrons. The van der Waals surface area contributed by atoms with Crippen LogP contribution in [0.3, 0.4) is 0 Å². The summed E-state index contributed by atoms with van der Waals surface area (Å²) >= 11 is 0. The molecule has 0 saturated carbocycles. The first-order valence-electron chi connectivity index (χ1n) is 8.00. The number of pyridine rings is 1. The van der Waals surface area contributed by atoms with Crippen LogP contribution in [0.1, 0.15) is 15.9 Å². The van der Waals surface area contributed by atoms with Crippen molar-refractivity contribution in [3.8, 4) is 0 Å². The van der Waals surface area contributed by atoms with Gasteiger partial charge in [0.05, 0.1) is 17.4 Å². The molecule has 4 nitrogen and oxygen atoms in total. The molecule has 25 heavy (non-hydrogen) atoms. The first-order valence-corrected chi connectivity index (χ1v) is 8.00. The molecule has 0 aliphatic heterocycles. The summed E-state index contributed by atoms with van der Waals surface area (Å²) in [6.07, 6.45) is 3.86. The Kier molecular flexibility index (Phi) is 5.36. The molecule has 1 amide bonds. The Hall–Kier alpha value is -3.21. The molecule has 0 atom stereocenters. The number of hydrogen-bond acceptors (Lipinski definition) is 3. The second kappa shape index (κ2) is 8.06. The molecule has 3 aromatic rings. The fraction of sp³-hybridized carbons (Fsp3) is 0.100. The van der Waals surface area contributed by atoms with Crippen LogP contribution >= 0.6 is 0 Å². The zero-order chi connectivity index (χ0) is 17.5. The Labute approximate surface area is 145 Å². The average molecular weight is 335 g/mol. The minimum atomic E-state index is -0.326. The van der Waals surface area contributed by atoms with Crippen LogP contribution in [-0.4, -0.2) is 17.4 Å². The van der Waals surface area contributed by atoms with E-state index in [0.29, 0.717) is 23.5 Å². The van der Waals surface area contributed by atoms with E-state index in [4.69, 9.17) is 0 Å². The van der Waals surface area contributed by atoms with Gasteiger partial charge in [0.1, 0.15) is 5.82 Å². The van der Waals surface area contributed by atoms with E-state index in [-0.39, 0.29) is 11.7 Å². The smallest absolute Gasteiger partial charge is 0.252 e. The maximum atomic E-state index is 13.2. The first kappa shape index (κ1) is 16.6. The van der Waals surface area contributed by atoms with Crippen molar-refractivity contribution in [3.63, 3.8) is 0 Å². The molecule has 1 heterocycles. The van der Waals surface area contributed by atoms with Crippen molar-refractivity contribution in [2.75, 3.05) is 11.9 Å². The fourth-order valence-corrected chi connectivity index (χ4v) is 2.43. The lowest BCUT2D eigenvalue weighted by Crippen LogP contribution is -2.25. The van der Waals surface area contributed by atoms with Gasteiger partial charge in [-0.2, -0.15) is 0 Å². The number of nitrogens with one attached hydrogen (secondary N) is 2. The predicted molar refractivity (Wildman–Crippen MR) is 96.4 cm³/mol. The largest absolute Gasteiger partial charge is 0.354 e. The standard InChI is InChI=1S/C20H18FN3O/c21-17-7-4-8-18(12-17)24-19-11-16(13-22-14-19)20(25)23-10-9-15-5-2-1-3-6-15/h1-8,11-14,24H,9-10H2,(H,23,25). The summed E-state index contributed by atoms with van der Waals surface area (Å²) in [5, 5.41) is 5.92. The summed E-state index contributed by atoms with van der Waals surface area (Å²) < 4.78 is 13.2. The Balaban J connectivity index is 1.59. The lowest BCUT2D eigenvalue weighted by atomic mass is 10.1. The second-order valence-electron chi connectivity index (χ2n) is 5.59. The van der Waals surface area contributed by atoms with E-state index in [0.717, 1.165) is 6.42 Å². The Morgan fingerprint density at radius 1 is 0.960 bits per heavy atom. The summed E-state index contributed by atoms with van der Waals surface area (Å²) in [7, 11) is 0. The van der Waals surface area contributed by atoms with Crippen molar-refractivity contribution < 1.29 is 9.18 Å². The van der Waals surface area contributed by atoms with Crippen molar-refractivity contribution in [1.29, 1.82) is 0 Å². The van der Waals surface area contributed by atoms with Crippen molar-refractivity contribution in [2.45, 2.75) is 6.42 Å². The molecule has 0 aliphatic carbocycles. The Morgan fingerprint density at radius 2 is 1.80 bits per heavy atom. The maximum absolute atomic E-state index is 13.2. The van der Waals surface area contributed by atoms with Gasteiger partial charge in [0.15, 0.2) is 0 Å². The molecule has 0 unspecified atom stereocenters. The Bertz CT molecular complexity index is 852. The van der Waals surface area contributed by atoms with Crippen molar-refractivity contribution in [3.05, 3.63) is 90.0 Å². The average Bonchev–Trinajstić information content (AvgIpc) is 2.63. The molecule has 0 radical (unpaired) electrons. The lowest BCUT2D eigenvalue weighted by molar-refractivity contribution is 0.0954. The number of anilines is 2. The third kappa shape index (κ3) is 4.88. The highest BCUT2D eigenvalue weighted by molar-refractivity contribution is 5.94. The quantitative estimate of drug-likeness (QED) is 0.717. The highest BCUT2D eigenvalue weighted by Crippen LogP contribution is 2.17. The molecular formula is C20H18FN3O. The molecule has 5 heteroatoms. The van der Waals surface area contributed by atoms with Gasteiger partial charge in [-0.05, 0) is 36.2 Å². The van der Waals surface area contributed by atoms with Crippen molar-refractivity contribution in [1.82, 2.24) is 10.3 Å². The molecule has 0 aliphatic rings. The normalized spacial score (nSPS) is 10.3. The van der Waals surface area contributed by atoms with Crippen LogP contribution in [0, 0.1) is 5.82 Å². The zero-order valence-electron chi connectivity index (χ0n) is 13.6. The van der Waals surface area contributed by atoms with Crippen LogP contribution < -0.4 is 10.6 Å². The third-order valence-electron chi connectivity index (χ3n) is 3.66. The summed E-state index contributed by atoms with van der Waals surface area (Å²) in [4.78, 5) is 16.3. The topological polar surface area (TPSA) is 54.0 Å². The summed E-state index contributed by atoms with van der Waals surface area (Å²) in [5.74, 6) is -0.515. The van der Waals surface area contributed by atoms with Crippen molar-refractivity contribution >= 4 is 17.3 Å². The maximum Gasteiger partial charge on any atom is 0.252 e. The van der Waals surface area contributed by atoms with E-state index in [1.165, 1.54) is 23.9 Å². The Morgan fingerprint density at radius 3 is 2.60 bits per heavy atom. The van der Waals surface area contributed by atoms with Crippen LogP contribution in [0.2, 0.25) is 0 Å². The lowest BCUT2D eigenvalue weighted by Gasteiger charge is -2.09. The fourth-order valence-electron chi connectivity index (χ4n) is 2.43. The number of carbonyl (C=O) groups excluding carboxylic acids is 1. The minimum Gasteiger partial charge on any atom is -0.354 e. The van der Waals surface area contributed by atoms with Gasteiger partial charge in [-0.1, -0.05) is 36.4 Å². The molecule has 0 fully saturated rings. The SMILES string of the molecule is O=C(NCCc1ccccc1)c1cncc(Nc2cccc(F)c2)c1. The van der Waals surface area contributed by atoms with Crippen LogP contribution in [0.5, 0.6) is 0 Å². The zero-order valence-corrected chi connectivity index (χ0v) is 13.6. The molecule has 0 saturated heterocycles. The number of hydrogen-bond donors (Lipinski definition) is 2. The van der Waals surface area contributed by atoms with Gasteiger partial charge in [0, 0.05) is 18.4 Å². The monoisotopic (exact) mass is 335 g/mol. The molecule has 2 N–H and O–H groups in total. The van der Waals surface area contributed by atoms with E-state index in [1.807, 2.05) is 30.3 Å². The van der Waals surface area contributed by atoms with E-state index < -0.39 is 0 Å². The highest BCUT2D eigenvalue weighted by Gasteiger charge is 2.07. The second-order valence-corrected chi connectivity index (χ2v) is 5.59. The van der Waals surface area contributed by atoms with E-state index in [1.54, 1.807) is 24.4 Å².